The van der Waals surface area contributed by atoms with Crippen LogP contribution in [0.5, 0.6) is 11.5 Å². The molecule has 6 aromatic carbocycles. The lowest BCUT2D eigenvalue weighted by atomic mass is 9.87. The van der Waals surface area contributed by atoms with Crippen LogP contribution >= 0.6 is 0 Å². The highest BCUT2D eigenvalue weighted by molar-refractivity contribution is 6.50. The molecule has 7 rings (SSSR count). The number of nitrogens with zero attached hydrogens (tertiary/aromatic N) is 1. The summed E-state index contributed by atoms with van der Waals surface area (Å²) >= 11 is 0. The first-order valence-corrected chi connectivity index (χ1v) is 14.9. The van der Waals surface area contributed by atoms with Crippen molar-refractivity contribution in [2.45, 2.75) is 26.3 Å². The minimum absolute atomic E-state index is 0.858. The Balaban J connectivity index is 0.000000664. The highest BCUT2D eigenvalue weighted by Crippen LogP contribution is 2.43. The molecule has 0 unspecified atom stereocenters. The second-order valence-electron chi connectivity index (χ2n) is 11.0. The van der Waals surface area contributed by atoms with Crippen molar-refractivity contribution in [1.82, 2.24) is 0 Å². The van der Waals surface area contributed by atoms with Crippen LogP contribution in [0.2, 0.25) is 0 Å². The molecule has 0 fully saturated rings. The fourth-order valence-electron chi connectivity index (χ4n) is 6.28. The first-order valence-electron chi connectivity index (χ1n) is 14.9. The van der Waals surface area contributed by atoms with Gasteiger partial charge in [0, 0.05) is 17.4 Å². The quantitative estimate of drug-likeness (QED) is 0.0590. The summed E-state index contributed by atoms with van der Waals surface area (Å²) in [7, 11) is -2.56. The number of hydrogen-bond donors (Lipinski definition) is 0. The van der Waals surface area contributed by atoms with Crippen LogP contribution in [0.1, 0.15) is 19.8 Å². The van der Waals surface area contributed by atoms with Crippen molar-refractivity contribution in [3.63, 3.8) is 0 Å². The van der Waals surface area contributed by atoms with E-state index >= 15 is 0 Å². The number of aromatic nitrogens is 1. The Kier molecular flexibility index (Phi) is 8.23. The largest absolute Gasteiger partial charge is 0.673 e. The molecule has 7 aromatic rings. The van der Waals surface area contributed by atoms with Crippen LogP contribution in [0.3, 0.4) is 0 Å². The number of unbranched alkanes of at least 4 members (excludes halogenated alkanes) is 1. The van der Waals surface area contributed by atoms with Crippen molar-refractivity contribution >= 4 is 50.3 Å². The molecule has 3 nitrogen and oxygen atoms in total. The number of rotatable bonds is 7. The van der Waals surface area contributed by atoms with Gasteiger partial charge >= 0.3 is 7.25 Å². The van der Waals surface area contributed by atoms with Crippen LogP contribution in [0, 0.1) is 0 Å². The van der Waals surface area contributed by atoms with Crippen LogP contribution in [0.25, 0.3) is 65.5 Å². The maximum Gasteiger partial charge on any atom is 0.673 e. The van der Waals surface area contributed by atoms with Crippen LogP contribution in [-0.2, 0) is 6.54 Å². The Morgan fingerprint density at radius 1 is 0.622 bits per heavy atom. The lowest BCUT2D eigenvalue weighted by Crippen LogP contribution is -2.36. The number of pyridine rings is 1. The summed E-state index contributed by atoms with van der Waals surface area (Å²) in [5.74, 6) is 1.72. The standard InChI is InChI=1S/C37H32NO2.BF4/c1-4-5-21-38-23-33-31-20-15-25-8-6-7-24-9-10-28(35(31)34(24)25)22-32(33)36(26-11-16-29(39-2)17-12-26)37(38)27-13-18-30(40-3)19-14-27;2-1(3,4)5/h6-20,22-23H,4-5,21H2,1-3H3;/q+1;-1. The van der Waals surface area contributed by atoms with Gasteiger partial charge in [-0.2, -0.15) is 4.57 Å². The summed E-state index contributed by atoms with van der Waals surface area (Å²) in [6.07, 6.45) is 4.63. The van der Waals surface area contributed by atoms with E-state index < -0.39 is 7.25 Å². The van der Waals surface area contributed by atoms with Gasteiger partial charge in [-0.15, -0.1) is 0 Å². The maximum atomic E-state index is 9.75. The lowest BCUT2D eigenvalue weighted by molar-refractivity contribution is -0.684. The average Bonchev–Trinajstić information content (AvgIpc) is 3.04. The van der Waals surface area contributed by atoms with Crippen molar-refractivity contribution < 1.29 is 31.3 Å². The first kappa shape index (κ1) is 30.2. The fraction of sp³-hybridized carbons (Fsp3) is 0.162. The molecule has 0 saturated carbocycles. The van der Waals surface area contributed by atoms with E-state index in [1.807, 2.05) is 0 Å². The van der Waals surface area contributed by atoms with E-state index in [4.69, 9.17) is 9.47 Å². The Morgan fingerprint density at radius 2 is 1.18 bits per heavy atom. The Bertz CT molecular complexity index is 2090. The molecular formula is C37H32BF4NO2. The molecule has 0 saturated heterocycles. The van der Waals surface area contributed by atoms with E-state index in [1.54, 1.807) is 14.2 Å². The third-order valence-electron chi connectivity index (χ3n) is 8.26. The zero-order valence-corrected chi connectivity index (χ0v) is 25.3. The highest BCUT2D eigenvalue weighted by atomic mass is 19.5. The second kappa shape index (κ2) is 12.3. The molecule has 45 heavy (non-hydrogen) atoms. The molecule has 228 valence electrons. The van der Waals surface area contributed by atoms with Crippen LogP contribution in [0.15, 0.2) is 103 Å². The van der Waals surface area contributed by atoms with Crippen molar-refractivity contribution in [3.8, 4) is 33.9 Å². The highest BCUT2D eigenvalue weighted by Gasteiger charge is 2.26. The van der Waals surface area contributed by atoms with Crippen molar-refractivity contribution in [2.75, 3.05) is 14.2 Å². The summed E-state index contributed by atoms with van der Waals surface area (Å²) in [5, 5.41) is 10.4. The minimum Gasteiger partial charge on any atom is -0.497 e. The van der Waals surface area contributed by atoms with E-state index in [-0.39, 0.29) is 0 Å². The van der Waals surface area contributed by atoms with Crippen LogP contribution in [0.4, 0.5) is 17.3 Å². The number of methoxy groups -OCH3 is 2. The number of halogens is 4. The van der Waals surface area contributed by atoms with Gasteiger partial charge in [-0.1, -0.05) is 67.9 Å². The molecular weight excluding hydrogens is 577 g/mol. The molecule has 1 heterocycles. The summed E-state index contributed by atoms with van der Waals surface area (Å²) in [5.41, 5.74) is 4.82. The van der Waals surface area contributed by atoms with Gasteiger partial charge < -0.3 is 26.7 Å². The topological polar surface area (TPSA) is 22.3 Å². The summed E-state index contributed by atoms with van der Waals surface area (Å²) < 4.78 is 52.5. The normalized spacial score (nSPS) is 11.7. The monoisotopic (exact) mass is 609 g/mol. The summed E-state index contributed by atoms with van der Waals surface area (Å²) in [4.78, 5) is 0. The number of aryl methyl sites for hydroxylation is 1. The van der Waals surface area contributed by atoms with E-state index in [0.717, 1.165) is 30.9 Å². The van der Waals surface area contributed by atoms with Gasteiger partial charge in [-0.25, -0.2) is 0 Å². The van der Waals surface area contributed by atoms with Gasteiger partial charge in [0.1, 0.15) is 18.0 Å². The van der Waals surface area contributed by atoms with Crippen molar-refractivity contribution in [1.29, 1.82) is 0 Å². The zero-order valence-electron chi connectivity index (χ0n) is 25.3. The third-order valence-corrected chi connectivity index (χ3v) is 8.26. The number of hydrogen-bond acceptors (Lipinski definition) is 2. The van der Waals surface area contributed by atoms with E-state index in [2.05, 4.69) is 115 Å². The van der Waals surface area contributed by atoms with E-state index in [0.29, 0.717) is 0 Å². The SMILES string of the molecule is CCCC[n+]1cc2c(cc3ccc4cccc5ccc2c3c45)c(-c2ccc(OC)cc2)c1-c1ccc(OC)cc1.F[B-](F)(F)F. The second-order valence-corrected chi connectivity index (χ2v) is 11.0. The van der Waals surface area contributed by atoms with E-state index in [1.165, 1.54) is 65.5 Å². The Labute approximate surface area is 259 Å². The van der Waals surface area contributed by atoms with Crippen molar-refractivity contribution in [2.24, 2.45) is 0 Å². The Hall–Kier alpha value is -4.85. The predicted octanol–water partition coefficient (Wildman–Crippen LogP) is 10.5. The fourth-order valence-corrected chi connectivity index (χ4v) is 6.28. The molecule has 0 spiro atoms. The van der Waals surface area contributed by atoms with Gasteiger partial charge in [0.2, 0.25) is 5.69 Å². The first-order chi connectivity index (χ1) is 21.7. The van der Waals surface area contributed by atoms with Gasteiger partial charge in [-0.3, -0.25) is 0 Å². The molecule has 0 atom stereocenters. The molecule has 0 N–H and O–H groups in total. The van der Waals surface area contributed by atoms with Gasteiger partial charge in [0.15, 0.2) is 6.20 Å². The van der Waals surface area contributed by atoms with Gasteiger partial charge in [-0.05, 0) is 80.3 Å². The molecule has 8 heteroatoms. The van der Waals surface area contributed by atoms with Gasteiger partial charge in [0.05, 0.1) is 25.2 Å². The Morgan fingerprint density at radius 3 is 1.76 bits per heavy atom. The van der Waals surface area contributed by atoms with Crippen molar-refractivity contribution in [3.05, 3.63) is 103 Å². The van der Waals surface area contributed by atoms with E-state index in [9.17, 15) is 17.3 Å². The molecule has 0 amide bonds. The smallest absolute Gasteiger partial charge is 0.497 e. The van der Waals surface area contributed by atoms with Gasteiger partial charge in [0.25, 0.3) is 0 Å². The summed E-state index contributed by atoms with van der Waals surface area (Å²) in [6, 6.07) is 35.1. The molecule has 1 aromatic heterocycles. The molecule has 0 aliphatic carbocycles. The third kappa shape index (κ3) is 5.97. The number of ether oxygens (including phenoxy) is 2. The molecule has 0 bridgehead atoms. The molecule has 0 aliphatic heterocycles. The van der Waals surface area contributed by atoms with Crippen LogP contribution in [-0.4, -0.2) is 21.5 Å². The maximum absolute atomic E-state index is 9.75. The zero-order chi connectivity index (χ0) is 31.7. The average molecular weight is 609 g/mol. The number of fused-ring (bicyclic) bond motifs is 2. The summed E-state index contributed by atoms with van der Waals surface area (Å²) in [6.45, 7) is 3.20. The lowest BCUT2D eigenvalue weighted by Gasteiger charge is -2.18. The molecule has 0 aliphatic rings. The minimum atomic E-state index is -6.00. The predicted molar refractivity (Wildman–Crippen MR) is 177 cm³/mol. The molecule has 0 radical (unpaired) electrons. The van der Waals surface area contributed by atoms with Crippen LogP contribution < -0.4 is 14.0 Å². The number of benzene rings is 6.